The summed E-state index contributed by atoms with van der Waals surface area (Å²) in [4.78, 5) is 34.4. The molecule has 6 nitrogen and oxygen atoms in total. The fourth-order valence-corrected chi connectivity index (χ4v) is 1.58. The Bertz CT molecular complexity index is 583. The molecule has 0 radical (unpaired) electrons. The molecular weight excluding hydrogens is 281 g/mol. The summed E-state index contributed by atoms with van der Waals surface area (Å²) >= 11 is 0. The van der Waals surface area contributed by atoms with Crippen molar-refractivity contribution < 1.29 is 28.6 Å². The number of carboxylic acid groups (broad SMARTS) is 1. The number of hydrogen-bond acceptors (Lipinski definition) is 4. The lowest BCUT2D eigenvalue weighted by atomic mass is 9.89. The van der Waals surface area contributed by atoms with Gasteiger partial charge in [-0.15, -0.1) is 0 Å². The molecule has 1 aromatic carbocycles. The van der Waals surface area contributed by atoms with Crippen LogP contribution in [0.2, 0.25) is 0 Å². The summed E-state index contributed by atoms with van der Waals surface area (Å²) in [6.07, 6.45) is -0.291. The van der Waals surface area contributed by atoms with E-state index in [0.717, 1.165) is 19.2 Å². The van der Waals surface area contributed by atoms with Crippen LogP contribution >= 0.6 is 0 Å². The Kier molecular flexibility index (Phi) is 5.02. The number of hydrogen-bond donors (Lipinski definition) is 2. The molecule has 0 saturated carbocycles. The molecule has 0 unspecified atom stereocenters. The van der Waals surface area contributed by atoms with Crippen molar-refractivity contribution in [1.82, 2.24) is 0 Å². The van der Waals surface area contributed by atoms with Crippen molar-refractivity contribution in [3.05, 3.63) is 29.6 Å². The van der Waals surface area contributed by atoms with Crippen LogP contribution in [0.5, 0.6) is 0 Å². The number of anilines is 1. The van der Waals surface area contributed by atoms with Crippen LogP contribution in [0.4, 0.5) is 10.1 Å². The lowest BCUT2D eigenvalue weighted by Gasteiger charge is -2.18. The molecule has 7 heteroatoms. The molecule has 0 aliphatic heterocycles. The van der Waals surface area contributed by atoms with Gasteiger partial charge in [-0.25, -0.2) is 9.18 Å². The zero-order valence-electron chi connectivity index (χ0n) is 11.9. The van der Waals surface area contributed by atoms with E-state index in [1.165, 1.54) is 19.9 Å². The number of amides is 1. The molecule has 0 fully saturated rings. The van der Waals surface area contributed by atoms with Crippen LogP contribution in [0.3, 0.4) is 0 Å². The van der Waals surface area contributed by atoms with Gasteiger partial charge in [0.25, 0.3) is 0 Å². The number of esters is 1. The topological polar surface area (TPSA) is 92.7 Å². The van der Waals surface area contributed by atoms with E-state index < -0.39 is 29.1 Å². The van der Waals surface area contributed by atoms with E-state index in [0.29, 0.717) is 0 Å². The highest BCUT2D eigenvalue weighted by Gasteiger charge is 2.30. The summed E-state index contributed by atoms with van der Waals surface area (Å²) in [5, 5.41) is 11.4. The average Bonchev–Trinajstić information content (AvgIpc) is 2.39. The SMILES string of the molecule is COC(=O)c1cc(F)ccc1NC(=O)CC(C)(C)C(=O)O. The lowest BCUT2D eigenvalue weighted by molar-refractivity contribution is -0.148. The summed E-state index contributed by atoms with van der Waals surface area (Å²) in [6.45, 7) is 2.81. The second-order valence-corrected chi connectivity index (χ2v) is 5.10. The highest BCUT2D eigenvalue weighted by molar-refractivity contribution is 6.02. The number of carbonyl (C=O) groups excluding carboxylic acids is 2. The maximum Gasteiger partial charge on any atom is 0.340 e. The number of ether oxygens (including phenoxy) is 1. The van der Waals surface area contributed by atoms with Crippen molar-refractivity contribution in [2.24, 2.45) is 5.41 Å². The second-order valence-electron chi connectivity index (χ2n) is 5.10. The largest absolute Gasteiger partial charge is 0.481 e. The number of halogens is 1. The highest BCUT2D eigenvalue weighted by Crippen LogP contribution is 2.23. The van der Waals surface area contributed by atoms with Crippen molar-refractivity contribution in [3.8, 4) is 0 Å². The summed E-state index contributed by atoms with van der Waals surface area (Å²) < 4.78 is 17.7. The van der Waals surface area contributed by atoms with Gasteiger partial charge in [0.1, 0.15) is 5.82 Å². The van der Waals surface area contributed by atoms with Crippen molar-refractivity contribution in [3.63, 3.8) is 0 Å². The van der Waals surface area contributed by atoms with Crippen molar-refractivity contribution in [2.75, 3.05) is 12.4 Å². The molecule has 0 bridgehead atoms. The van der Waals surface area contributed by atoms with Crippen LogP contribution in [0.25, 0.3) is 0 Å². The molecule has 21 heavy (non-hydrogen) atoms. The lowest BCUT2D eigenvalue weighted by Crippen LogP contribution is -2.30. The van der Waals surface area contributed by atoms with Crippen LogP contribution in [0, 0.1) is 11.2 Å². The Labute approximate surface area is 120 Å². The Morgan fingerprint density at radius 3 is 2.48 bits per heavy atom. The van der Waals surface area contributed by atoms with Gasteiger partial charge in [-0.1, -0.05) is 0 Å². The molecule has 0 aromatic heterocycles. The van der Waals surface area contributed by atoms with E-state index in [9.17, 15) is 18.8 Å². The summed E-state index contributed by atoms with van der Waals surface area (Å²) in [6, 6.07) is 3.22. The minimum Gasteiger partial charge on any atom is -0.481 e. The second kappa shape index (κ2) is 6.34. The standard InChI is InChI=1S/C14H16FNO5/c1-14(2,13(19)20)7-11(17)16-10-5-4-8(15)6-9(10)12(18)21-3/h4-6H,7H2,1-3H3,(H,16,17)(H,19,20). The molecule has 0 aliphatic carbocycles. The predicted octanol–water partition coefficient (Wildman–Crippen LogP) is 2.05. The third kappa shape index (κ3) is 4.27. The third-order valence-electron chi connectivity index (χ3n) is 2.84. The maximum atomic E-state index is 13.2. The average molecular weight is 297 g/mol. The molecule has 0 saturated heterocycles. The van der Waals surface area contributed by atoms with Crippen LogP contribution in [0.15, 0.2) is 18.2 Å². The molecule has 1 rings (SSSR count). The Morgan fingerprint density at radius 2 is 1.95 bits per heavy atom. The van der Waals surface area contributed by atoms with E-state index in [1.807, 2.05) is 0 Å². The van der Waals surface area contributed by atoms with E-state index >= 15 is 0 Å². The quantitative estimate of drug-likeness (QED) is 0.811. The monoisotopic (exact) mass is 297 g/mol. The number of carboxylic acids is 1. The fourth-order valence-electron chi connectivity index (χ4n) is 1.58. The summed E-state index contributed by atoms with van der Waals surface area (Å²) in [7, 11) is 1.13. The van der Waals surface area contributed by atoms with Crippen LogP contribution in [0.1, 0.15) is 30.6 Å². The minimum absolute atomic E-state index is 0.0643. The number of rotatable bonds is 5. The van der Waals surface area contributed by atoms with Crippen molar-refractivity contribution >= 4 is 23.5 Å². The molecule has 1 amide bonds. The Hall–Kier alpha value is -2.44. The van der Waals surface area contributed by atoms with Gasteiger partial charge >= 0.3 is 11.9 Å². The number of methoxy groups -OCH3 is 1. The molecule has 1 aromatic rings. The van der Waals surface area contributed by atoms with Gasteiger partial charge in [0, 0.05) is 6.42 Å². The first-order valence-corrected chi connectivity index (χ1v) is 6.08. The Morgan fingerprint density at radius 1 is 1.33 bits per heavy atom. The maximum absolute atomic E-state index is 13.2. The van der Waals surface area contributed by atoms with E-state index in [2.05, 4.69) is 10.1 Å². The van der Waals surface area contributed by atoms with E-state index in [1.54, 1.807) is 0 Å². The number of nitrogens with one attached hydrogen (secondary N) is 1. The normalized spacial score (nSPS) is 10.9. The van der Waals surface area contributed by atoms with E-state index in [4.69, 9.17) is 5.11 Å². The molecule has 0 aliphatic rings. The molecular formula is C14H16FNO5. The smallest absolute Gasteiger partial charge is 0.340 e. The first-order valence-electron chi connectivity index (χ1n) is 6.08. The van der Waals surface area contributed by atoms with Crippen molar-refractivity contribution in [1.29, 1.82) is 0 Å². The van der Waals surface area contributed by atoms with Crippen LogP contribution in [-0.2, 0) is 14.3 Å². The van der Waals surface area contributed by atoms with Crippen LogP contribution < -0.4 is 5.32 Å². The number of carbonyl (C=O) groups is 3. The van der Waals surface area contributed by atoms with Gasteiger partial charge in [0.15, 0.2) is 0 Å². The van der Waals surface area contributed by atoms with Gasteiger partial charge in [-0.3, -0.25) is 9.59 Å². The van der Waals surface area contributed by atoms with Gasteiger partial charge in [0.05, 0.1) is 23.8 Å². The fraction of sp³-hybridized carbons (Fsp3) is 0.357. The van der Waals surface area contributed by atoms with Gasteiger partial charge in [-0.05, 0) is 32.0 Å². The van der Waals surface area contributed by atoms with Crippen LogP contribution in [-0.4, -0.2) is 30.1 Å². The summed E-state index contributed by atoms with van der Waals surface area (Å²) in [5.74, 6) is -3.18. The van der Waals surface area contributed by atoms with Gasteiger partial charge < -0.3 is 15.2 Å². The molecule has 0 heterocycles. The minimum atomic E-state index is -1.25. The zero-order valence-corrected chi connectivity index (χ0v) is 11.9. The van der Waals surface area contributed by atoms with E-state index in [-0.39, 0.29) is 17.7 Å². The summed E-state index contributed by atoms with van der Waals surface area (Å²) in [5.41, 5.74) is -1.33. The number of aliphatic carboxylic acids is 1. The molecule has 2 N–H and O–H groups in total. The molecule has 0 atom stereocenters. The molecule has 0 spiro atoms. The van der Waals surface area contributed by atoms with Crippen molar-refractivity contribution in [2.45, 2.75) is 20.3 Å². The third-order valence-corrected chi connectivity index (χ3v) is 2.84. The molecule has 114 valence electrons. The predicted molar refractivity (Wildman–Crippen MR) is 72.4 cm³/mol. The highest BCUT2D eigenvalue weighted by atomic mass is 19.1. The first-order chi connectivity index (χ1) is 9.67. The van der Waals surface area contributed by atoms with Gasteiger partial charge in [-0.2, -0.15) is 0 Å². The number of benzene rings is 1. The first kappa shape index (κ1) is 16.6. The van der Waals surface area contributed by atoms with Gasteiger partial charge in [0.2, 0.25) is 5.91 Å². The zero-order chi connectivity index (χ0) is 16.2. The Balaban J connectivity index is 2.95.